The van der Waals surface area contributed by atoms with Crippen molar-refractivity contribution >= 4 is 5.69 Å². The molecule has 0 aliphatic carbocycles. The molecule has 0 spiro atoms. The number of rotatable bonds is 6. The van der Waals surface area contributed by atoms with Gasteiger partial charge in [0.15, 0.2) is 0 Å². The van der Waals surface area contributed by atoms with E-state index in [1.54, 1.807) is 19.1 Å². The molecule has 2 rings (SSSR count). The van der Waals surface area contributed by atoms with Gasteiger partial charge in [0, 0.05) is 24.7 Å². The largest absolute Gasteiger partial charge is 0.309 e. The van der Waals surface area contributed by atoms with Crippen LogP contribution in [0.3, 0.4) is 0 Å². The van der Waals surface area contributed by atoms with E-state index < -0.39 is 0 Å². The summed E-state index contributed by atoms with van der Waals surface area (Å²) >= 11 is 0. The summed E-state index contributed by atoms with van der Waals surface area (Å²) in [5.41, 5.74) is 4.43. The lowest BCUT2D eigenvalue weighted by Gasteiger charge is -2.08. The molecule has 0 aliphatic rings. The minimum Gasteiger partial charge on any atom is -0.309 e. The number of hydrogen-bond donors (Lipinski definition) is 1. The van der Waals surface area contributed by atoms with Gasteiger partial charge in [-0.15, -0.1) is 0 Å². The van der Waals surface area contributed by atoms with Crippen molar-refractivity contribution < 1.29 is 4.92 Å². The monoisotopic (exact) mass is 284 g/mol. The zero-order valence-corrected chi connectivity index (χ0v) is 12.4. The number of aryl methyl sites for hydroxylation is 1. The van der Waals surface area contributed by atoms with Crippen molar-refractivity contribution in [3.8, 4) is 0 Å². The van der Waals surface area contributed by atoms with Crippen LogP contribution in [0.5, 0.6) is 0 Å². The Balaban J connectivity index is 1.97. The number of nitro benzene ring substituents is 1. The molecule has 0 saturated carbocycles. The van der Waals surface area contributed by atoms with Crippen molar-refractivity contribution in [1.29, 1.82) is 0 Å². The first kappa shape index (κ1) is 15.2. The molecule has 0 unspecified atom stereocenters. The van der Waals surface area contributed by atoms with Crippen LogP contribution in [0.2, 0.25) is 0 Å². The first-order chi connectivity index (χ1) is 10.1. The molecule has 1 N–H and O–H groups in total. The van der Waals surface area contributed by atoms with E-state index in [0.29, 0.717) is 6.54 Å². The fourth-order valence-corrected chi connectivity index (χ4v) is 2.29. The molecule has 110 valence electrons. The van der Waals surface area contributed by atoms with E-state index in [-0.39, 0.29) is 10.6 Å². The van der Waals surface area contributed by atoms with E-state index in [2.05, 4.69) is 36.5 Å². The number of hydrogen-bond acceptors (Lipinski definition) is 3. The lowest BCUT2D eigenvalue weighted by Crippen LogP contribution is -2.14. The number of nitrogens with one attached hydrogen (secondary N) is 1. The molecule has 0 aliphatic heterocycles. The Morgan fingerprint density at radius 1 is 1.05 bits per heavy atom. The van der Waals surface area contributed by atoms with E-state index in [1.807, 2.05) is 6.07 Å². The summed E-state index contributed by atoms with van der Waals surface area (Å²) in [6.07, 6.45) is 1.04. The van der Waals surface area contributed by atoms with Crippen LogP contribution in [0.4, 0.5) is 5.69 Å². The van der Waals surface area contributed by atoms with Gasteiger partial charge in [-0.1, -0.05) is 43.3 Å². The maximum Gasteiger partial charge on any atom is 0.272 e. The lowest BCUT2D eigenvalue weighted by molar-refractivity contribution is -0.385. The predicted molar refractivity (Wildman–Crippen MR) is 84.2 cm³/mol. The smallest absolute Gasteiger partial charge is 0.272 e. The number of nitro groups is 1. The molecule has 0 radical (unpaired) electrons. The maximum absolute atomic E-state index is 10.9. The summed E-state index contributed by atoms with van der Waals surface area (Å²) in [4.78, 5) is 10.6. The Morgan fingerprint density at radius 2 is 1.71 bits per heavy atom. The summed E-state index contributed by atoms with van der Waals surface area (Å²) in [6.45, 7) is 5.32. The zero-order chi connectivity index (χ0) is 15.2. The predicted octanol–water partition coefficient (Wildman–Crippen LogP) is 3.76. The molecule has 0 aromatic heterocycles. The number of nitrogens with zero attached hydrogens (tertiary/aromatic N) is 1. The topological polar surface area (TPSA) is 55.2 Å². The number of benzene rings is 2. The van der Waals surface area contributed by atoms with Crippen molar-refractivity contribution in [1.82, 2.24) is 5.32 Å². The standard InChI is InChI=1S/C17H20N2O2/c1-3-14-7-9-15(10-8-14)11-18-12-16-5-4-6-17(13(16)2)19(20)21/h4-10,18H,3,11-12H2,1-2H3. The Labute approximate surface area is 125 Å². The highest BCUT2D eigenvalue weighted by Gasteiger charge is 2.12. The third-order valence-corrected chi connectivity index (χ3v) is 3.69. The van der Waals surface area contributed by atoms with Gasteiger partial charge in [-0.3, -0.25) is 10.1 Å². The third kappa shape index (κ3) is 3.89. The quantitative estimate of drug-likeness (QED) is 0.649. The maximum atomic E-state index is 10.9. The van der Waals surface area contributed by atoms with Gasteiger partial charge in [0.05, 0.1) is 4.92 Å². The highest BCUT2D eigenvalue weighted by atomic mass is 16.6. The SMILES string of the molecule is CCc1ccc(CNCc2cccc([N+](=O)[O-])c2C)cc1. The first-order valence-electron chi connectivity index (χ1n) is 7.13. The Bertz CT molecular complexity index is 621. The molecule has 0 bridgehead atoms. The lowest BCUT2D eigenvalue weighted by atomic mass is 10.1. The van der Waals surface area contributed by atoms with Crippen LogP contribution >= 0.6 is 0 Å². The van der Waals surface area contributed by atoms with Crippen molar-refractivity contribution in [3.05, 3.63) is 74.8 Å². The second kappa shape index (κ2) is 6.99. The van der Waals surface area contributed by atoms with Crippen LogP contribution in [0.25, 0.3) is 0 Å². The summed E-state index contributed by atoms with van der Waals surface area (Å²) < 4.78 is 0. The van der Waals surface area contributed by atoms with Crippen LogP contribution in [0, 0.1) is 17.0 Å². The molecule has 0 amide bonds. The van der Waals surface area contributed by atoms with Gasteiger partial charge in [-0.25, -0.2) is 0 Å². The molecular weight excluding hydrogens is 264 g/mol. The van der Waals surface area contributed by atoms with Crippen molar-refractivity contribution in [3.63, 3.8) is 0 Å². The average molecular weight is 284 g/mol. The molecule has 2 aromatic rings. The van der Waals surface area contributed by atoms with E-state index in [4.69, 9.17) is 0 Å². The van der Waals surface area contributed by atoms with Crippen LogP contribution in [0.1, 0.15) is 29.2 Å². The molecule has 4 nitrogen and oxygen atoms in total. The van der Waals surface area contributed by atoms with Gasteiger partial charge in [0.25, 0.3) is 5.69 Å². The van der Waals surface area contributed by atoms with Crippen molar-refractivity contribution in [2.45, 2.75) is 33.4 Å². The molecule has 0 saturated heterocycles. The second-order valence-corrected chi connectivity index (χ2v) is 5.09. The second-order valence-electron chi connectivity index (χ2n) is 5.09. The molecule has 0 fully saturated rings. The van der Waals surface area contributed by atoms with Gasteiger partial charge in [0.1, 0.15) is 0 Å². The van der Waals surface area contributed by atoms with Gasteiger partial charge in [-0.05, 0) is 30.0 Å². The highest BCUT2D eigenvalue weighted by Crippen LogP contribution is 2.20. The summed E-state index contributed by atoms with van der Waals surface area (Å²) in [5.74, 6) is 0. The van der Waals surface area contributed by atoms with Crippen LogP contribution < -0.4 is 5.32 Å². The van der Waals surface area contributed by atoms with Gasteiger partial charge < -0.3 is 5.32 Å². The first-order valence-corrected chi connectivity index (χ1v) is 7.13. The third-order valence-electron chi connectivity index (χ3n) is 3.69. The zero-order valence-electron chi connectivity index (χ0n) is 12.4. The van der Waals surface area contributed by atoms with E-state index in [9.17, 15) is 10.1 Å². The molecule has 2 aromatic carbocycles. The molecule has 4 heteroatoms. The summed E-state index contributed by atoms with van der Waals surface area (Å²) in [7, 11) is 0. The Morgan fingerprint density at radius 3 is 2.33 bits per heavy atom. The molecule has 21 heavy (non-hydrogen) atoms. The van der Waals surface area contributed by atoms with Crippen molar-refractivity contribution in [2.75, 3.05) is 0 Å². The fourth-order valence-electron chi connectivity index (χ4n) is 2.29. The molecule has 0 heterocycles. The Hall–Kier alpha value is -2.20. The highest BCUT2D eigenvalue weighted by molar-refractivity contribution is 5.44. The van der Waals surface area contributed by atoms with E-state index in [1.165, 1.54) is 11.1 Å². The van der Waals surface area contributed by atoms with Crippen LogP contribution in [0.15, 0.2) is 42.5 Å². The van der Waals surface area contributed by atoms with Crippen molar-refractivity contribution in [2.24, 2.45) is 0 Å². The molecule has 0 atom stereocenters. The minimum atomic E-state index is -0.331. The van der Waals surface area contributed by atoms with Crippen LogP contribution in [-0.4, -0.2) is 4.92 Å². The van der Waals surface area contributed by atoms with Gasteiger partial charge in [0.2, 0.25) is 0 Å². The molecular formula is C17H20N2O2. The Kier molecular flexibility index (Phi) is 5.06. The van der Waals surface area contributed by atoms with E-state index >= 15 is 0 Å². The van der Waals surface area contributed by atoms with Gasteiger partial charge >= 0.3 is 0 Å². The van der Waals surface area contributed by atoms with E-state index in [0.717, 1.165) is 24.1 Å². The average Bonchev–Trinajstić information content (AvgIpc) is 2.49. The van der Waals surface area contributed by atoms with Crippen LogP contribution in [-0.2, 0) is 19.5 Å². The normalized spacial score (nSPS) is 10.6. The summed E-state index contributed by atoms with van der Waals surface area (Å²) in [6, 6.07) is 13.7. The summed E-state index contributed by atoms with van der Waals surface area (Å²) in [5, 5.41) is 14.3. The van der Waals surface area contributed by atoms with Gasteiger partial charge in [-0.2, -0.15) is 0 Å². The minimum absolute atomic E-state index is 0.182. The fraction of sp³-hybridized carbons (Fsp3) is 0.294.